The molecule has 23 heavy (non-hydrogen) atoms. The Bertz CT molecular complexity index is 487. The minimum absolute atomic E-state index is 0.0227. The highest BCUT2D eigenvalue weighted by Crippen LogP contribution is 2.30. The molecule has 1 heterocycles. The fraction of sp³-hybridized carbons (Fsp3) is 0.632. The molecule has 1 atom stereocenters. The first-order valence-corrected chi connectivity index (χ1v) is 8.73. The number of aliphatic hydroxyl groups excluding tert-OH is 1. The van der Waals surface area contributed by atoms with Gasteiger partial charge in [0, 0.05) is 19.7 Å². The standard InChI is InChI=1S/C19H30N2O2/c1-19(2)11-7-13-21(14-12-19)18(23)20-17(10-6-15-22)16-8-4-3-5-9-16/h3-5,8-9,17,22H,6-7,10-15H2,1-2H3,(H,20,23). The van der Waals surface area contributed by atoms with Gasteiger partial charge in [-0.05, 0) is 43.1 Å². The number of hydrogen-bond acceptors (Lipinski definition) is 2. The molecule has 1 fully saturated rings. The lowest BCUT2D eigenvalue weighted by Crippen LogP contribution is -2.42. The number of rotatable bonds is 5. The molecular formula is C19H30N2O2. The van der Waals surface area contributed by atoms with Gasteiger partial charge >= 0.3 is 6.03 Å². The number of nitrogens with zero attached hydrogens (tertiary/aromatic N) is 1. The van der Waals surface area contributed by atoms with Gasteiger partial charge in [0.1, 0.15) is 0 Å². The quantitative estimate of drug-likeness (QED) is 0.869. The van der Waals surface area contributed by atoms with Crippen LogP contribution in [0.2, 0.25) is 0 Å². The fourth-order valence-electron chi connectivity index (χ4n) is 3.17. The maximum absolute atomic E-state index is 12.7. The molecule has 0 spiro atoms. The van der Waals surface area contributed by atoms with E-state index in [-0.39, 0.29) is 18.7 Å². The normalized spacial score (nSPS) is 19.0. The first-order chi connectivity index (χ1) is 11.0. The number of amides is 2. The third-order valence-electron chi connectivity index (χ3n) is 4.78. The number of nitrogens with one attached hydrogen (secondary N) is 1. The Kier molecular flexibility index (Phi) is 6.46. The highest BCUT2D eigenvalue weighted by molar-refractivity contribution is 5.74. The van der Waals surface area contributed by atoms with Crippen LogP contribution in [0.1, 0.15) is 57.6 Å². The SMILES string of the molecule is CC1(C)CCCN(C(=O)NC(CCCO)c2ccccc2)CC1. The predicted molar refractivity (Wildman–Crippen MR) is 93.2 cm³/mol. The Hall–Kier alpha value is -1.55. The van der Waals surface area contributed by atoms with Crippen molar-refractivity contribution in [2.45, 2.75) is 52.0 Å². The average molecular weight is 318 g/mol. The van der Waals surface area contributed by atoms with E-state index in [1.54, 1.807) is 0 Å². The summed E-state index contributed by atoms with van der Waals surface area (Å²) < 4.78 is 0. The maximum Gasteiger partial charge on any atom is 0.317 e. The van der Waals surface area contributed by atoms with Gasteiger partial charge in [-0.25, -0.2) is 4.79 Å². The molecule has 0 aliphatic carbocycles. The number of urea groups is 1. The third-order valence-corrected chi connectivity index (χ3v) is 4.78. The number of benzene rings is 1. The largest absolute Gasteiger partial charge is 0.396 e. The molecule has 2 N–H and O–H groups in total. The van der Waals surface area contributed by atoms with Crippen LogP contribution in [0.5, 0.6) is 0 Å². The Labute approximate surface area is 139 Å². The van der Waals surface area contributed by atoms with E-state index in [9.17, 15) is 4.79 Å². The Morgan fingerprint density at radius 3 is 2.70 bits per heavy atom. The van der Waals surface area contributed by atoms with E-state index in [4.69, 9.17) is 5.11 Å². The molecule has 1 aromatic carbocycles. The van der Waals surface area contributed by atoms with Crippen LogP contribution >= 0.6 is 0 Å². The van der Waals surface area contributed by atoms with Crippen molar-refractivity contribution in [1.82, 2.24) is 10.2 Å². The average Bonchev–Trinajstić information content (AvgIpc) is 2.73. The molecule has 2 rings (SSSR count). The summed E-state index contributed by atoms with van der Waals surface area (Å²) in [5.41, 5.74) is 1.43. The van der Waals surface area contributed by atoms with E-state index in [1.807, 2.05) is 35.2 Å². The Balaban J connectivity index is 1.99. The van der Waals surface area contributed by atoms with Crippen molar-refractivity contribution in [2.75, 3.05) is 19.7 Å². The van der Waals surface area contributed by atoms with Gasteiger partial charge in [-0.1, -0.05) is 44.2 Å². The van der Waals surface area contributed by atoms with Crippen molar-refractivity contribution in [3.8, 4) is 0 Å². The highest BCUT2D eigenvalue weighted by atomic mass is 16.3. The zero-order chi connectivity index (χ0) is 16.7. The van der Waals surface area contributed by atoms with Gasteiger partial charge in [0.2, 0.25) is 0 Å². The molecule has 4 heteroatoms. The van der Waals surface area contributed by atoms with E-state index in [2.05, 4.69) is 19.2 Å². The van der Waals surface area contributed by atoms with Crippen molar-refractivity contribution in [3.05, 3.63) is 35.9 Å². The molecule has 1 aromatic rings. The zero-order valence-corrected chi connectivity index (χ0v) is 14.4. The summed E-state index contributed by atoms with van der Waals surface area (Å²) in [6.07, 6.45) is 4.72. The van der Waals surface area contributed by atoms with Crippen molar-refractivity contribution in [2.24, 2.45) is 5.41 Å². The van der Waals surface area contributed by atoms with E-state index in [0.717, 1.165) is 37.9 Å². The second-order valence-electron chi connectivity index (χ2n) is 7.28. The number of likely N-dealkylation sites (tertiary alicyclic amines) is 1. The molecule has 2 amide bonds. The van der Waals surface area contributed by atoms with Crippen LogP contribution < -0.4 is 5.32 Å². The van der Waals surface area contributed by atoms with Gasteiger partial charge in [0.15, 0.2) is 0 Å². The van der Waals surface area contributed by atoms with Crippen molar-refractivity contribution < 1.29 is 9.90 Å². The fourth-order valence-corrected chi connectivity index (χ4v) is 3.17. The molecule has 1 unspecified atom stereocenters. The van der Waals surface area contributed by atoms with Gasteiger partial charge in [0.05, 0.1) is 6.04 Å². The summed E-state index contributed by atoms with van der Waals surface area (Å²) in [6.45, 7) is 6.36. The lowest BCUT2D eigenvalue weighted by molar-refractivity contribution is 0.191. The lowest BCUT2D eigenvalue weighted by Gasteiger charge is -2.26. The highest BCUT2D eigenvalue weighted by Gasteiger charge is 2.26. The number of carbonyl (C=O) groups excluding carboxylic acids is 1. The van der Waals surface area contributed by atoms with E-state index >= 15 is 0 Å². The van der Waals surface area contributed by atoms with Gasteiger partial charge < -0.3 is 15.3 Å². The summed E-state index contributed by atoms with van der Waals surface area (Å²) >= 11 is 0. The second-order valence-corrected chi connectivity index (χ2v) is 7.28. The second kappa shape index (κ2) is 8.34. The minimum atomic E-state index is -0.0351. The first-order valence-electron chi connectivity index (χ1n) is 8.73. The van der Waals surface area contributed by atoms with Gasteiger partial charge in [0.25, 0.3) is 0 Å². The summed E-state index contributed by atoms with van der Waals surface area (Å²) in [4.78, 5) is 14.6. The molecule has 1 aliphatic rings. The van der Waals surface area contributed by atoms with Gasteiger partial charge in [-0.15, -0.1) is 0 Å². The van der Waals surface area contributed by atoms with Crippen LogP contribution in [-0.4, -0.2) is 35.7 Å². The summed E-state index contributed by atoms with van der Waals surface area (Å²) in [5.74, 6) is 0. The smallest absolute Gasteiger partial charge is 0.317 e. The van der Waals surface area contributed by atoms with Crippen LogP contribution in [0.25, 0.3) is 0 Å². The van der Waals surface area contributed by atoms with Crippen LogP contribution in [-0.2, 0) is 0 Å². The monoisotopic (exact) mass is 318 g/mol. The Morgan fingerprint density at radius 2 is 2.00 bits per heavy atom. The van der Waals surface area contributed by atoms with Crippen molar-refractivity contribution in [3.63, 3.8) is 0 Å². The molecular weight excluding hydrogens is 288 g/mol. The zero-order valence-electron chi connectivity index (χ0n) is 14.4. The number of aliphatic hydroxyl groups is 1. The van der Waals surface area contributed by atoms with Crippen LogP contribution in [0.3, 0.4) is 0 Å². The molecule has 4 nitrogen and oxygen atoms in total. The van der Waals surface area contributed by atoms with Gasteiger partial charge in [-0.2, -0.15) is 0 Å². The maximum atomic E-state index is 12.7. The van der Waals surface area contributed by atoms with E-state index < -0.39 is 0 Å². The molecule has 1 saturated heterocycles. The first kappa shape index (κ1) is 17.8. The molecule has 0 bridgehead atoms. The molecule has 0 radical (unpaired) electrons. The molecule has 128 valence electrons. The Morgan fingerprint density at radius 1 is 1.26 bits per heavy atom. The number of carbonyl (C=O) groups is 1. The predicted octanol–water partition coefficient (Wildman–Crippen LogP) is 3.72. The number of hydrogen-bond donors (Lipinski definition) is 2. The van der Waals surface area contributed by atoms with Crippen LogP contribution in [0.15, 0.2) is 30.3 Å². The summed E-state index contributed by atoms with van der Waals surface area (Å²) in [6, 6.07) is 10.0. The van der Waals surface area contributed by atoms with Crippen molar-refractivity contribution >= 4 is 6.03 Å². The van der Waals surface area contributed by atoms with Crippen LogP contribution in [0.4, 0.5) is 4.79 Å². The lowest BCUT2D eigenvalue weighted by atomic mass is 9.85. The summed E-state index contributed by atoms with van der Waals surface area (Å²) in [5, 5.41) is 12.3. The van der Waals surface area contributed by atoms with E-state index in [0.29, 0.717) is 11.8 Å². The third kappa shape index (κ3) is 5.54. The van der Waals surface area contributed by atoms with Crippen LogP contribution in [0, 0.1) is 5.41 Å². The summed E-state index contributed by atoms with van der Waals surface area (Å²) in [7, 11) is 0. The topological polar surface area (TPSA) is 52.6 Å². The van der Waals surface area contributed by atoms with E-state index in [1.165, 1.54) is 6.42 Å². The molecule has 0 aromatic heterocycles. The minimum Gasteiger partial charge on any atom is -0.396 e. The molecule has 0 saturated carbocycles. The van der Waals surface area contributed by atoms with Gasteiger partial charge in [-0.3, -0.25) is 0 Å². The van der Waals surface area contributed by atoms with Crippen molar-refractivity contribution in [1.29, 1.82) is 0 Å². The molecule has 1 aliphatic heterocycles.